The Morgan fingerprint density at radius 2 is 1.96 bits per heavy atom. The predicted molar refractivity (Wildman–Crippen MR) is 113 cm³/mol. The monoisotopic (exact) mass is 368 g/mol. The molecule has 0 amide bonds. The summed E-state index contributed by atoms with van der Waals surface area (Å²) >= 11 is 0. The van der Waals surface area contributed by atoms with Crippen molar-refractivity contribution in [3.05, 3.63) is 66.0 Å². The lowest BCUT2D eigenvalue weighted by molar-refractivity contribution is 0.373. The predicted octanol–water partition coefficient (Wildman–Crippen LogP) is 3.84. The van der Waals surface area contributed by atoms with E-state index >= 15 is 0 Å². The summed E-state index contributed by atoms with van der Waals surface area (Å²) in [4.78, 5) is 7.84. The minimum Gasteiger partial charge on any atom is -0.504 e. The maximum Gasteiger partial charge on any atom is 0.160 e. The number of para-hydroxylation sites is 1. The molecule has 1 atom stereocenters. The third-order valence-corrected chi connectivity index (χ3v) is 5.44. The maximum atomic E-state index is 10.2. The molecule has 4 aromatic rings. The van der Waals surface area contributed by atoms with E-state index in [4.69, 9.17) is 4.74 Å². The molecule has 0 aliphatic carbocycles. The van der Waals surface area contributed by atoms with Crippen molar-refractivity contribution in [3.63, 3.8) is 0 Å². The number of ether oxygens (including phenoxy) is 1. The second kappa shape index (κ2) is 6.34. The van der Waals surface area contributed by atoms with Crippen molar-refractivity contribution in [2.45, 2.75) is 12.9 Å². The second-order valence-electron chi connectivity index (χ2n) is 6.89. The Bertz CT molecular complexity index is 1200. The first-order valence-corrected chi connectivity index (χ1v) is 9.23. The van der Waals surface area contributed by atoms with Gasteiger partial charge in [0.05, 0.1) is 13.2 Å². The van der Waals surface area contributed by atoms with Gasteiger partial charge >= 0.3 is 0 Å². The molecule has 2 aromatic heterocycles. The third kappa shape index (κ3) is 2.38. The van der Waals surface area contributed by atoms with Crippen molar-refractivity contribution in [1.29, 1.82) is 0 Å². The average molecular weight is 368 g/mol. The van der Waals surface area contributed by atoms with E-state index in [-0.39, 0.29) is 11.8 Å². The molecule has 0 bridgehead atoms. The number of benzene rings is 2. The quantitative estimate of drug-likeness (QED) is 0.481. The molecule has 5 nitrogen and oxygen atoms in total. The fourth-order valence-corrected chi connectivity index (χ4v) is 4.12. The molecular formula is C22H19BN3O2. The van der Waals surface area contributed by atoms with Gasteiger partial charge in [0.2, 0.25) is 0 Å². The Kier molecular flexibility index (Phi) is 3.79. The number of pyridine rings is 1. The molecule has 137 valence electrons. The highest BCUT2D eigenvalue weighted by molar-refractivity contribution is 6.52. The number of nitrogens with zero attached hydrogens (tertiary/aromatic N) is 1. The highest BCUT2D eigenvalue weighted by Crippen LogP contribution is 2.44. The summed E-state index contributed by atoms with van der Waals surface area (Å²) in [6.07, 6.45) is 3.85. The molecule has 5 rings (SSSR count). The number of phenolic OH excluding ortho intramolecular Hbond substituents is 1. The lowest BCUT2D eigenvalue weighted by Gasteiger charge is -2.23. The first-order valence-electron chi connectivity index (χ1n) is 9.23. The average Bonchev–Trinajstić information content (AvgIpc) is 3.10. The Morgan fingerprint density at radius 1 is 1.11 bits per heavy atom. The van der Waals surface area contributed by atoms with Crippen LogP contribution >= 0.6 is 0 Å². The molecule has 0 fully saturated rings. The second-order valence-corrected chi connectivity index (χ2v) is 6.89. The van der Waals surface area contributed by atoms with Crippen LogP contribution < -0.4 is 15.5 Å². The first kappa shape index (κ1) is 16.7. The van der Waals surface area contributed by atoms with Gasteiger partial charge in [-0.3, -0.25) is 0 Å². The van der Waals surface area contributed by atoms with Crippen LogP contribution in [0.25, 0.3) is 22.2 Å². The summed E-state index contributed by atoms with van der Waals surface area (Å²) in [5.41, 5.74) is 7.32. The van der Waals surface area contributed by atoms with Crippen molar-refractivity contribution >= 4 is 29.5 Å². The Morgan fingerprint density at radius 3 is 2.79 bits per heavy atom. The summed E-state index contributed by atoms with van der Waals surface area (Å²) < 4.78 is 5.39. The molecule has 1 aliphatic rings. The smallest absolute Gasteiger partial charge is 0.160 e. The topological polar surface area (TPSA) is 70.2 Å². The molecule has 28 heavy (non-hydrogen) atoms. The maximum absolute atomic E-state index is 10.2. The van der Waals surface area contributed by atoms with Gasteiger partial charge in [-0.2, -0.15) is 0 Å². The number of rotatable bonds is 3. The van der Waals surface area contributed by atoms with Crippen LogP contribution in [0.2, 0.25) is 6.82 Å². The van der Waals surface area contributed by atoms with Crippen LogP contribution in [0.3, 0.4) is 0 Å². The number of anilines is 1. The summed E-state index contributed by atoms with van der Waals surface area (Å²) in [6.45, 7) is 1.97. The minimum absolute atomic E-state index is 0.124. The van der Waals surface area contributed by atoms with Gasteiger partial charge in [-0.05, 0) is 35.4 Å². The van der Waals surface area contributed by atoms with E-state index in [2.05, 4.69) is 33.5 Å². The van der Waals surface area contributed by atoms with E-state index in [0.29, 0.717) is 5.75 Å². The number of nitrogens with one attached hydrogen (secondary N) is 2. The molecule has 0 spiro atoms. The normalized spacial score (nSPS) is 14.9. The highest BCUT2D eigenvalue weighted by atomic mass is 16.5. The van der Waals surface area contributed by atoms with Gasteiger partial charge in [-0.15, -0.1) is 0 Å². The van der Waals surface area contributed by atoms with Crippen molar-refractivity contribution in [2.24, 2.45) is 0 Å². The Balaban J connectivity index is 1.83. The zero-order valence-electron chi connectivity index (χ0n) is 15.7. The standard InChI is InChI=1S/C22H19BN3O2/c1-23-16-10-18(27)19(28-2)9-14(16)21-15-11-25-22-20(15)13(7-8-24-22)12-5-3-4-6-17(12)26-21/h3-11,21,26-27H,1-2H3,(H,24,25). The summed E-state index contributed by atoms with van der Waals surface area (Å²) in [5, 5.41) is 15.1. The van der Waals surface area contributed by atoms with E-state index in [1.54, 1.807) is 13.2 Å². The van der Waals surface area contributed by atoms with Crippen LogP contribution in [-0.4, -0.2) is 29.5 Å². The van der Waals surface area contributed by atoms with Gasteiger partial charge in [-0.1, -0.05) is 30.5 Å². The third-order valence-electron chi connectivity index (χ3n) is 5.44. The number of aromatic hydroxyl groups is 1. The molecule has 6 heteroatoms. The fourth-order valence-electron chi connectivity index (χ4n) is 4.12. The first-order chi connectivity index (χ1) is 13.7. The molecule has 1 unspecified atom stereocenters. The van der Waals surface area contributed by atoms with E-state index in [9.17, 15) is 5.11 Å². The number of phenols is 1. The lowest BCUT2D eigenvalue weighted by atomic mass is 9.69. The van der Waals surface area contributed by atoms with Crippen LogP contribution in [0.1, 0.15) is 17.2 Å². The van der Waals surface area contributed by atoms with Crippen LogP contribution in [-0.2, 0) is 0 Å². The largest absolute Gasteiger partial charge is 0.504 e. The van der Waals surface area contributed by atoms with Crippen LogP contribution in [0.4, 0.5) is 5.69 Å². The van der Waals surface area contributed by atoms with Gasteiger partial charge in [0.1, 0.15) is 12.9 Å². The van der Waals surface area contributed by atoms with Gasteiger partial charge in [0.25, 0.3) is 0 Å². The van der Waals surface area contributed by atoms with E-state index in [1.165, 1.54) is 0 Å². The van der Waals surface area contributed by atoms with E-state index in [0.717, 1.165) is 44.4 Å². The number of aromatic nitrogens is 2. The number of methoxy groups -OCH3 is 1. The Hall–Kier alpha value is -3.41. The number of H-pyrrole nitrogens is 1. The molecule has 3 N–H and O–H groups in total. The zero-order chi connectivity index (χ0) is 19.3. The summed E-state index contributed by atoms with van der Waals surface area (Å²) in [5.74, 6) is 0.591. The Labute approximate surface area is 163 Å². The minimum atomic E-state index is -0.124. The number of aromatic amines is 1. The van der Waals surface area contributed by atoms with Gasteiger partial charge in [0.15, 0.2) is 11.5 Å². The highest BCUT2D eigenvalue weighted by Gasteiger charge is 2.28. The summed E-state index contributed by atoms with van der Waals surface area (Å²) in [6, 6.07) is 13.9. The van der Waals surface area contributed by atoms with E-state index < -0.39 is 0 Å². The lowest BCUT2D eigenvalue weighted by Crippen LogP contribution is -2.24. The van der Waals surface area contributed by atoms with Crippen molar-refractivity contribution in [1.82, 2.24) is 9.97 Å². The molecule has 1 radical (unpaired) electrons. The van der Waals surface area contributed by atoms with Gasteiger partial charge in [-0.25, -0.2) is 4.98 Å². The molecule has 0 saturated heterocycles. The van der Waals surface area contributed by atoms with Gasteiger partial charge in [0, 0.05) is 34.6 Å². The van der Waals surface area contributed by atoms with Crippen molar-refractivity contribution in [3.8, 4) is 22.6 Å². The number of hydrogen-bond acceptors (Lipinski definition) is 4. The summed E-state index contributed by atoms with van der Waals surface area (Å²) in [7, 11) is 3.57. The fraction of sp³-hybridized carbons (Fsp3) is 0.136. The molecule has 3 heterocycles. The van der Waals surface area contributed by atoms with Crippen LogP contribution in [0.5, 0.6) is 11.5 Å². The number of hydrogen-bond donors (Lipinski definition) is 3. The SMILES string of the molecule is C[B]c1cc(O)c(OC)cc1C1Nc2ccccc2-c2ccnc3[nH]cc1c23. The van der Waals surface area contributed by atoms with Gasteiger partial charge < -0.3 is 20.1 Å². The molecule has 1 aliphatic heterocycles. The number of fused-ring (bicyclic) bond motifs is 2. The molecule has 2 aromatic carbocycles. The van der Waals surface area contributed by atoms with E-state index in [1.807, 2.05) is 44.7 Å². The zero-order valence-corrected chi connectivity index (χ0v) is 15.7. The molecular weight excluding hydrogens is 349 g/mol. The van der Waals surface area contributed by atoms with Crippen LogP contribution in [0, 0.1) is 0 Å². The van der Waals surface area contributed by atoms with Crippen LogP contribution in [0.15, 0.2) is 54.9 Å². The van der Waals surface area contributed by atoms with Crippen molar-refractivity contribution < 1.29 is 9.84 Å². The van der Waals surface area contributed by atoms with Crippen molar-refractivity contribution in [2.75, 3.05) is 12.4 Å². The molecule has 0 saturated carbocycles.